The fourth-order valence-corrected chi connectivity index (χ4v) is 5.74. The van der Waals surface area contributed by atoms with Gasteiger partial charge in [-0.25, -0.2) is 13.2 Å². The number of hydrogen-bond acceptors (Lipinski definition) is 5. The summed E-state index contributed by atoms with van der Waals surface area (Å²) in [6, 6.07) is 6.56. The summed E-state index contributed by atoms with van der Waals surface area (Å²) < 4.78 is 30.5. The number of sulfone groups is 1. The molecule has 9 heteroatoms. The maximum atomic E-state index is 12.6. The van der Waals surface area contributed by atoms with Crippen molar-refractivity contribution in [3.63, 3.8) is 0 Å². The number of benzene rings is 1. The molecule has 1 saturated heterocycles. The van der Waals surface area contributed by atoms with Gasteiger partial charge in [0.1, 0.15) is 0 Å². The Kier molecular flexibility index (Phi) is 6.75. The molecule has 30 heavy (non-hydrogen) atoms. The maximum Gasteiger partial charge on any atom is 0.331 e. The summed E-state index contributed by atoms with van der Waals surface area (Å²) in [5.41, 5.74) is 2.46. The minimum Gasteiger partial charge on any atom is -0.454 e. The average Bonchev–Trinajstić information content (AvgIpc) is 3.18. The molecule has 1 unspecified atom stereocenters. The van der Waals surface area contributed by atoms with Crippen molar-refractivity contribution < 1.29 is 22.7 Å². The fourth-order valence-electron chi connectivity index (χ4n) is 3.67. The van der Waals surface area contributed by atoms with Gasteiger partial charge in [0.2, 0.25) is 5.78 Å². The number of hydrogen-bond donors (Lipinski definition) is 0. The molecular formula is C21H21Cl2NO5S. The van der Waals surface area contributed by atoms with Gasteiger partial charge in [-0.3, -0.25) is 4.79 Å². The van der Waals surface area contributed by atoms with Gasteiger partial charge in [-0.05, 0) is 44.0 Å². The second kappa shape index (κ2) is 8.96. The van der Waals surface area contributed by atoms with Crippen LogP contribution in [0.4, 0.5) is 0 Å². The maximum absolute atomic E-state index is 12.6. The highest BCUT2D eigenvalue weighted by Gasteiger charge is 2.31. The third kappa shape index (κ3) is 4.96. The van der Waals surface area contributed by atoms with Crippen LogP contribution < -0.4 is 0 Å². The molecule has 1 aliphatic rings. The van der Waals surface area contributed by atoms with Crippen LogP contribution in [-0.4, -0.2) is 42.9 Å². The number of nitrogens with zero attached hydrogens (tertiary/aromatic N) is 1. The first kappa shape index (κ1) is 22.6. The number of ketones is 1. The second-order valence-corrected chi connectivity index (χ2v) is 10.2. The molecule has 0 radical (unpaired) electrons. The molecule has 0 N–H and O–H groups in total. The highest BCUT2D eigenvalue weighted by Crippen LogP contribution is 2.29. The number of carbonyl (C=O) groups is 2. The van der Waals surface area contributed by atoms with Crippen LogP contribution in [0.15, 0.2) is 30.3 Å². The molecule has 0 spiro atoms. The number of aromatic nitrogens is 1. The van der Waals surface area contributed by atoms with Gasteiger partial charge in [0.05, 0.1) is 21.6 Å². The van der Waals surface area contributed by atoms with E-state index >= 15 is 0 Å². The minimum atomic E-state index is -3.05. The zero-order chi connectivity index (χ0) is 22.1. The number of carbonyl (C=O) groups excluding carboxylic acids is 2. The lowest BCUT2D eigenvalue weighted by Gasteiger charge is -2.16. The van der Waals surface area contributed by atoms with Gasteiger partial charge < -0.3 is 9.30 Å². The van der Waals surface area contributed by atoms with E-state index in [1.165, 1.54) is 12.2 Å². The quantitative estimate of drug-likeness (QED) is 0.359. The van der Waals surface area contributed by atoms with Crippen LogP contribution >= 0.6 is 23.2 Å². The Morgan fingerprint density at radius 1 is 1.27 bits per heavy atom. The fraction of sp³-hybridized carbons (Fsp3) is 0.333. The molecule has 2 heterocycles. The molecule has 1 fully saturated rings. The van der Waals surface area contributed by atoms with Crippen LogP contribution in [-0.2, 0) is 19.4 Å². The molecule has 160 valence electrons. The third-order valence-corrected chi connectivity index (χ3v) is 7.67. The summed E-state index contributed by atoms with van der Waals surface area (Å²) in [5, 5.41) is 0.688. The zero-order valence-corrected chi connectivity index (χ0v) is 18.9. The topological polar surface area (TPSA) is 82.4 Å². The molecule has 2 aromatic rings. The average molecular weight is 470 g/mol. The Bertz CT molecular complexity index is 1130. The number of Topliss-reactive ketones (excluding diaryl/α,β-unsaturated/α-hetero) is 1. The molecule has 0 amide bonds. The van der Waals surface area contributed by atoms with E-state index in [-0.39, 0.29) is 23.3 Å². The molecule has 3 rings (SSSR count). The van der Waals surface area contributed by atoms with Crippen molar-refractivity contribution >= 4 is 50.9 Å². The van der Waals surface area contributed by atoms with Crippen LogP contribution in [0.25, 0.3) is 6.08 Å². The number of esters is 1. The summed E-state index contributed by atoms with van der Waals surface area (Å²) in [6.45, 7) is 3.19. The van der Waals surface area contributed by atoms with Crippen molar-refractivity contribution in [1.82, 2.24) is 4.57 Å². The van der Waals surface area contributed by atoms with Crippen molar-refractivity contribution in [1.29, 1.82) is 0 Å². The van der Waals surface area contributed by atoms with E-state index in [2.05, 4.69) is 0 Å². The molecule has 0 aliphatic carbocycles. The SMILES string of the molecule is Cc1cc(C(=O)COC(=O)/C=C/c2cccc(Cl)c2Cl)c(C)n1C1CCS(=O)(=O)C1. The van der Waals surface area contributed by atoms with Crippen LogP contribution in [0.5, 0.6) is 0 Å². The van der Waals surface area contributed by atoms with Crippen molar-refractivity contribution in [2.45, 2.75) is 26.3 Å². The molecule has 1 aliphatic heterocycles. The van der Waals surface area contributed by atoms with E-state index in [4.69, 9.17) is 27.9 Å². The van der Waals surface area contributed by atoms with Crippen LogP contribution in [0.1, 0.15) is 39.8 Å². The molecule has 1 aromatic heterocycles. The first-order valence-electron chi connectivity index (χ1n) is 9.30. The Morgan fingerprint density at radius 2 is 2.00 bits per heavy atom. The lowest BCUT2D eigenvalue weighted by molar-refractivity contribution is -0.136. The van der Waals surface area contributed by atoms with E-state index in [1.807, 2.05) is 11.5 Å². The molecule has 6 nitrogen and oxygen atoms in total. The van der Waals surface area contributed by atoms with Gasteiger partial charge in [-0.15, -0.1) is 0 Å². The predicted molar refractivity (Wildman–Crippen MR) is 117 cm³/mol. The molecule has 0 saturated carbocycles. The van der Waals surface area contributed by atoms with Crippen molar-refractivity contribution in [3.05, 3.63) is 62.9 Å². The van der Waals surface area contributed by atoms with Crippen LogP contribution in [0.2, 0.25) is 10.0 Å². The van der Waals surface area contributed by atoms with Gasteiger partial charge in [0, 0.05) is 29.1 Å². The smallest absolute Gasteiger partial charge is 0.331 e. The minimum absolute atomic E-state index is 0.0723. The first-order valence-corrected chi connectivity index (χ1v) is 11.9. The Balaban J connectivity index is 1.65. The number of ether oxygens (including phenoxy) is 1. The highest BCUT2D eigenvalue weighted by molar-refractivity contribution is 7.91. The van der Waals surface area contributed by atoms with Crippen LogP contribution in [0, 0.1) is 13.8 Å². The lowest BCUT2D eigenvalue weighted by atomic mass is 10.1. The molecule has 1 atom stereocenters. The monoisotopic (exact) mass is 469 g/mol. The van der Waals surface area contributed by atoms with Crippen LogP contribution in [0.3, 0.4) is 0 Å². The van der Waals surface area contributed by atoms with Crippen molar-refractivity contribution in [2.75, 3.05) is 18.1 Å². The second-order valence-electron chi connectivity index (χ2n) is 7.22. The molecule has 0 bridgehead atoms. The van der Waals surface area contributed by atoms with E-state index in [9.17, 15) is 18.0 Å². The van der Waals surface area contributed by atoms with E-state index in [0.717, 1.165) is 5.69 Å². The standard InChI is InChI=1S/C21H21Cl2NO5S/c1-13-10-17(14(2)24(13)16-8-9-30(27,28)12-16)19(25)11-29-20(26)7-6-15-4-3-5-18(22)21(15)23/h3-7,10,16H,8-9,11-12H2,1-2H3/b7-6+. The van der Waals surface area contributed by atoms with Gasteiger partial charge in [-0.1, -0.05) is 35.3 Å². The summed E-state index contributed by atoms with van der Waals surface area (Å²) in [4.78, 5) is 24.6. The van der Waals surface area contributed by atoms with Gasteiger partial charge in [0.15, 0.2) is 16.4 Å². The molecule has 1 aromatic carbocycles. The van der Waals surface area contributed by atoms with E-state index in [0.29, 0.717) is 33.3 Å². The zero-order valence-electron chi connectivity index (χ0n) is 16.5. The number of halogens is 2. The van der Waals surface area contributed by atoms with Gasteiger partial charge in [0.25, 0.3) is 0 Å². The Morgan fingerprint density at radius 3 is 2.67 bits per heavy atom. The highest BCUT2D eigenvalue weighted by atomic mass is 35.5. The number of aryl methyl sites for hydroxylation is 1. The summed E-state index contributed by atoms with van der Waals surface area (Å²) in [7, 11) is -3.05. The first-order chi connectivity index (χ1) is 14.1. The summed E-state index contributed by atoms with van der Waals surface area (Å²) in [5.74, 6) is -0.811. The summed E-state index contributed by atoms with van der Waals surface area (Å²) >= 11 is 12.0. The largest absolute Gasteiger partial charge is 0.454 e. The predicted octanol–water partition coefficient (Wildman–Crippen LogP) is 4.21. The van der Waals surface area contributed by atoms with Gasteiger partial charge >= 0.3 is 5.97 Å². The Hall–Kier alpha value is -2.09. The number of rotatable bonds is 6. The molecular weight excluding hydrogens is 449 g/mol. The Labute approximate surface area is 185 Å². The third-order valence-electron chi connectivity index (χ3n) is 5.08. The van der Waals surface area contributed by atoms with E-state index < -0.39 is 22.4 Å². The normalized spacial score (nSPS) is 18.1. The van der Waals surface area contributed by atoms with E-state index in [1.54, 1.807) is 31.2 Å². The van der Waals surface area contributed by atoms with Crippen molar-refractivity contribution in [2.24, 2.45) is 0 Å². The summed E-state index contributed by atoms with van der Waals surface area (Å²) in [6.07, 6.45) is 3.17. The van der Waals surface area contributed by atoms with Gasteiger partial charge in [-0.2, -0.15) is 0 Å². The van der Waals surface area contributed by atoms with Crippen molar-refractivity contribution in [3.8, 4) is 0 Å². The lowest BCUT2D eigenvalue weighted by Crippen LogP contribution is -2.16.